The zero-order valence-corrected chi connectivity index (χ0v) is 12.6. The molecule has 0 unspecified atom stereocenters. The summed E-state index contributed by atoms with van der Waals surface area (Å²) in [6.07, 6.45) is 3.55. The van der Waals surface area contributed by atoms with Crippen LogP contribution in [0.25, 0.3) is 0 Å². The predicted octanol–water partition coefficient (Wildman–Crippen LogP) is 3.74. The van der Waals surface area contributed by atoms with Gasteiger partial charge >= 0.3 is 0 Å². The smallest absolute Gasteiger partial charge is 0.276 e. The third-order valence-corrected chi connectivity index (χ3v) is 4.04. The molecule has 0 N–H and O–H groups in total. The molecule has 3 rings (SSSR count). The van der Waals surface area contributed by atoms with Crippen LogP contribution in [0, 0.1) is 5.82 Å². The van der Waals surface area contributed by atoms with Crippen molar-refractivity contribution < 1.29 is 13.7 Å². The Labute approximate surface area is 128 Å². The fraction of sp³-hybridized carbons (Fsp3) is 0.412. The van der Waals surface area contributed by atoms with E-state index in [1.165, 1.54) is 12.1 Å². The molecule has 1 atom stereocenters. The number of nitrogens with zero attached hydrogens (tertiary/aromatic N) is 2. The minimum Gasteiger partial charge on any atom is -0.361 e. The van der Waals surface area contributed by atoms with E-state index in [2.05, 4.69) is 12.1 Å². The number of hydrogen-bond acceptors (Lipinski definition) is 3. The summed E-state index contributed by atoms with van der Waals surface area (Å²) in [7, 11) is 0. The van der Waals surface area contributed by atoms with E-state index >= 15 is 0 Å². The van der Waals surface area contributed by atoms with E-state index in [1.807, 2.05) is 0 Å². The number of carbonyl (C=O) groups excluding carboxylic acids is 1. The number of amides is 1. The van der Waals surface area contributed by atoms with Crippen molar-refractivity contribution in [3.8, 4) is 0 Å². The summed E-state index contributed by atoms with van der Waals surface area (Å²) in [5.74, 6) is 0.363. The Bertz CT molecular complexity index is 651. The first kappa shape index (κ1) is 14.8. The van der Waals surface area contributed by atoms with Crippen LogP contribution in [0.4, 0.5) is 4.39 Å². The number of benzene rings is 1. The summed E-state index contributed by atoms with van der Waals surface area (Å²) >= 11 is 0. The molecular formula is C17H19FN2O2. The maximum Gasteiger partial charge on any atom is 0.276 e. The zero-order valence-electron chi connectivity index (χ0n) is 12.6. The maximum absolute atomic E-state index is 13.1. The number of aromatic nitrogens is 1. The van der Waals surface area contributed by atoms with Crippen molar-refractivity contribution in [3.05, 3.63) is 53.2 Å². The first-order chi connectivity index (χ1) is 10.7. The van der Waals surface area contributed by atoms with Crippen LogP contribution in [0.2, 0.25) is 0 Å². The van der Waals surface area contributed by atoms with Crippen LogP contribution < -0.4 is 0 Å². The zero-order chi connectivity index (χ0) is 15.5. The highest BCUT2D eigenvalue weighted by Crippen LogP contribution is 2.33. The van der Waals surface area contributed by atoms with Crippen molar-refractivity contribution in [2.45, 2.75) is 38.6 Å². The Morgan fingerprint density at radius 3 is 2.91 bits per heavy atom. The lowest BCUT2D eigenvalue weighted by Gasteiger charge is -2.24. The van der Waals surface area contributed by atoms with Gasteiger partial charge in [-0.3, -0.25) is 4.79 Å². The summed E-state index contributed by atoms with van der Waals surface area (Å²) in [5, 5.41) is 3.90. The molecule has 4 nitrogen and oxygen atoms in total. The Balaban J connectivity index is 1.79. The molecule has 1 aromatic carbocycles. The number of aryl methyl sites for hydroxylation is 1. The van der Waals surface area contributed by atoms with Crippen LogP contribution in [0.15, 0.2) is 34.9 Å². The first-order valence-corrected chi connectivity index (χ1v) is 7.71. The van der Waals surface area contributed by atoms with Crippen LogP contribution >= 0.6 is 0 Å². The van der Waals surface area contributed by atoms with Crippen molar-refractivity contribution >= 4 is 5.91 Å². The van der Waals surface area contributed by atoms with Gasteiger partial charge in [0.1, 0.15) is 11.6 Å². The van der Waals surface area contributed by atoms with Gasteiger partial charge in [0.15, 0.2) is 5.69 Å². The standard InChI is InChI=1S/C17H19FN2O2/c1-2-4-14-11-15(19-22-14)17(21)20-10-3-5-16(20)12-6-8-13(18)9-7-12/h6-9,11,16H,2-5,10H2,1H3/t16-/m0/s1. The van der Waals surface area contributed by atoms with Crippen molar-refractivity contribution in [2.24, 2.45) is 0 Å². The highest BCUT2D eigenvalue weighted by atomic mass is 19.1. The molecule has 0 bridgehead atoms. The van der Waals surface area contributed by atoms with Crippen molar-refractivity contribution in [1.82, 2.24) is 10.1 Å². The number of carbonyl (C=O) groups is 1. The highest BCUT2D eigenvalue weighted by Gasteiger charge is 2.32. The Morgan fingerprint density at radius 2 is 2.18 bits per heavy atom. The average molecular weight is 302 g/mol. The average Bonchev–Trinajstić information content (AvgIpc) is 3.17. The summed E-state index contributed by atoms with van der Waals surface area (Å²) in [6, 6.07) is 8.08. The van der Waals surface area contributed by atoms with Crippen LogP contribution in [-0.4, -0.2) is 22.5 Å². The van der Waals surface area contributed by atoms with Gasteiger partial charge in [-0.2, -0.15) is 0 Å². The van der Waals surface area contributed by atoms with Gasteiger partial charge in [0, 0.05) is 19.0 Å². The van der Waals surface area contributed by atoms with E-state index in [4.69, 9.17) is 4.52 Å². The molecule has 1 saturated heterocycles. The van der Waals surface area contributed by atoms with E-state index in [-0.39, 0.29) is 17.8 Å². The Kier molecular flexibility index (Phi) is 4.22. The monoisotopic (exact) mass is 302 g/mol. The maximum atomic E-state index is 13.1. The quantitative estimate of drug-likeness (QED) is 0.864. The third-order valence-electron chi connectivity index (χ3n) is 4.04. The highest BCUT2D eigenvalue weighted by molar-refractivity contribution is 5.92. The molecule has 2 heterocycles. The third kappa shape index (κ3) is 2.89. The lowest BCUT2D eigenvalue weighted by atomic mass is 10.0. The molecule has 1 aliphatic rings. The normalized spacial score (nSPS) is 17.9. The largest absolute Gasteiger partial charge is 0.361 e. The predicted molar refractivity (Wildman–Crippen MR) is 79.9 cm³/mol. The van der Waals surface area contributed by atoms with Gasteiger partial charge in [0.2, 0.25) is 0 Å². The molecule has 0 spiro atoms. The van der Waals surface area contributed by atoms with Crippen LogP contribution in [-0.2, 0) is 6.42 Å². The molecule has 5 heteroatoms. The van der Waals surface area contributed by atoms with Gasteiger partial charge in [-0.15, -0.1) is 0 Å². The second kappa shape index (κ2) is 6.30. The summed E-state index contributed by atoms with van der Waals surface area (Å²) in [6.45, 7) is 2.74. The van der Waals surface area contributed by atoms with Crippen LogP contribution in [0.5, 0.6) is 0 Å². The number of rotatable bonds is 4. The second-order valence-electron chi connectivity index (χ2n) is 5.64. The van der Waals surface area contributed by atoms with Crippen LogP contribution in [0.3, 0.4) is 0 Å². The first-order valence-electron chi connectivity index (χ1n) is 7.71. The summed E-state index contributed by atoms with van der Waals surface area (Å²) in [5.41, 5.74) is 1.32. The van der Waals surface area contributed by atoms with E-state index in [0.717, 1.165) is 37.0 Å². The van der Waals surface area contributed by atoms with Crippen molar-refractivity contribution in [1.29, 1.82) is 0 Å². The molecule has 0 radical (unpaired) electrons. The van der Waals surface area contributed by atoms with Gasteiger partial charge in [0.05, 0.1) is 6.04 Å². The molecule has 1 fully saturated rings. The molecule has 0 aliphatic carbocycles. The summed E-state index contributed by atoms with van der Waals surface area (Å²) in [4.78, 5) is 14.5. The molecule has 0 saturated carbocycles. The lowest BCUT2D eigenvalue weighted by Crippen LogP contribution is -2.30. The van der Waals surface area contributed by atoms with E-state index in [9.17, 15) is 9.18 Å². The molecular weight excluding hydrogens is 283 g/mol. The number of halogens is 1. The minimum absolute atomic E-state index is 0.0144. The van der Waals surface area contributed by atoms with Gasteiger partial charge in [0.25, 0.3) is 5.91 Å². The van der Waals surface area contributed by atoms with Crippen molar-refractivity contribution in [3.63, 3.8) is 0 Å². The molecule has 1 aromatic heterocycles. The van der Waals surface area contributed by atoms with E-state index in [0.29, 0.717) is 12.2 Å². The molecule has 2 aromatic rings. The summed E-state index contributed by atoms with van der Waals surface area (Å²) < 4.78 is 18.3. The topological polar surface area (TPSA) is 46.3 Å². The van der Waals surface area contributed by atoms with Gasteiger partial charge < -0.3 is 9.42 Å². The molecule has 1 amide bonds. The fourth-order valence-corrected chi connectivity index (χ4v) is 2.97. The van der Waals surface area contributed by atoms with Crippen LogP contribution in [0.1, 0.15) is 54.0 Å². The number of likely N-dealkylation sites (tertiary alicyclic amines) is 1. The molecule has 1 aliphatic heterocycles. The van der Waals surface area contributed by atoms with Crippen molar-refractivity contribution in [2.75, 3.05) is 6.54 Å². The lowest BCUT2D eigenvalue weighted by molar-refractivity contribution is 0.0725. The van der Waals surface area contributed by atoms with Gasteiger partial charge in [-0.05, 0) is 37.0 Å². The fourth-order valence-electron chi connectivity index (χ4n) is 2.97. The molecule has 22 heavy (non-hydrogen) atoms. The van der Waals surface area contributed by atoms with Gasteiger partial charge in [-0.1, -0.05) is 24.2 Å². The Hall–Kier alpha value is -2.17. The minimum atomic E-state index is -0.264. The Morgan fingerprint density at radius 1 is 1.41 bits per heavy atom. The molecule has 116 valence electrons. The van der Waals surface area contributed by atoms with Gasteiger partial charge in [-0.25, -0.2) is 4.39 Å². The SMILES string of the molecule is CCCc1cc(C(=O)N2CCC[C@H]2c2ccc(F)cc2)no1. The number of hydrogen-bond donors (Lipinski definition) is 0. The van der Waals surface area contributed by atoms with E-state index in [1.54, 1.807) is 23.1 Å². The second-order valence-corrected chi connectivity index (χ2v) is 5.64. The van der Waals surface area contributed by atoms with E-state index < -0.39 is 0 Å².